The van der Waals surface area contributed by atoms with E-state index in [4.69, 9.17) is 0 Å². The number of piperidine rings is 1. The maximum Gasteiger partial charge on any atom is 0.228 e. The molecule has 132 valence electrons. The van der Waals surface area contributed by atoms with Gasteiger partial charge in [0.1, 0.15) is 0 Å². The third-order valence-electron chi connectivity index (χ3n) is 4.62. The SMILES string of the molecule is Cc1cc(I)ccc1NC(=O)C1CCCN(Cc2cccc(Br)c2)C1. The van der Waals surface area contributed by atoms with Crippen LogP contribution in [-0.2, 0) is 11.3 Å². The lowest BCUT2D eigenvalue weighted by Crippen LogP contribution is -2.40. The zero-order valence-corrected chi connectivity index (χ0v) is 18.0. The number of hydrogen-bond acceptors (Lipinski definition) is 2. The molecule has 0 radical (unpaired) electrons. The fraction of sp³-hybridized carbons (Fsp3) is 0.350. The fourth-order valence-electron chi connectivity index (χ4n) is 3.31. The monoisotopic (exact) mass is 512 g/mol. The lowest BCUT2D eigenvalue weighted by Gasteiger charge is -2.32. The van der Waals surface area contributed by atoms with Gasteiger partial charge in [0, 0.05) is 26.8 Å². The van der Waals surface area contributed by atoms with Crippen molar-refractivity contribution in [2.45, 2.75) is 26.3 Å². The van der Waals surface area contributed by atoms with E-state index in [1.165, 1.54) is 9.13 Å². The molecule has 0 spiro atoms. The Balaban J connectivity index is 1.61. The second kappa shape index (κ2) is 8.64. The van der Waals surface area contributed by atoms with Crippen LogP contribution in [0.4, 0.5) is 5.69 Å². The summed E-state index contributed by atoms with van der Waals surface area (Å²) in [6, 6.07) is 14.5. The van der Waals surface area contributed by atoms with Crippen molar-refractivity contribution in [3.63, 3.8) is 0 Å². The lowest BCUT2D eigenvalue weighted by atomic mass is 9.96. The molecule has 1 aliphatic rings. The van der Waals surface area contributed by atoms with E-state index in [1.807, 2.05) is 25.1 Å². The molecule has 1 atom stereocenters. The van der Waals surface area contributed by atoms with E-state index in [0.29, 0.717) is 0 Å². The average molecular weight is 513 g/mol. The Morgan fingerprint density at radius 3 is 2.92 bits per heavy atom. The number of amides is 1. The summed E-state index contributed by atoms with van der Waals surface area (Å²) in [5, 5.41) is 3.12. The molecule has 1 saturated heterocycles. The van der Waals surface area contributed by atoms with Crippen LogP contribution in [0.15, 0.2) is 46.9 Å². The normalized spacial score (nSPS) is 18.1. The molecule has 1 heterocycles. The van der Waals surface area contributed by atoms with Crippen molar-refractivity contribution in [3.05, 3.63) is 61.6 Å². The van der Waals surface area contributed by atoms with Crippen molar-refractivity contribution < 1.29 is 4.79 Å². The first-order chi connectivity index (χ1) is 12.0. The molecule has 1 amide bonds. The van der Waals surface area contributed by atoms with Crippen LogP contribution in [0.1, 0.15) is 24.0 Å². The van der Waals surface area contributed by atoms with Gasteiger partial charge in [-0.15, -0.1) is 0 Å². The number of carbonyl (C=O) groups is 1. The number of anilines is 1. The van der Waals surface area contributed by atoms with Gasteiger partial charge in [-0.1, -0.05) is 28.1 Å². The number of aryl methyl sites for hydroxylation is 1. The number of carbonyl (C=O) groups excluding carboxylic acids is 1. The van der Waals surface area contributed by atoms with Crippen LogP contribution in [0.5, 0.6) is 0 Å². The molecule has 0 saturated carbocycles. The van der Waals surface area contributed by atoms with Crippen molar-refractivity contribution in [1.29, 1.82) is 0 Å². The van der Waals surface area contributed by atoms with Gasteiger partial charge in [0.05, 0.1) is 5.92 Å². The highest BCUT2D eigenvalue weighted by molar-refractivity contribution is 14.1. The second-order valence-corrected chi connectivity index (χ2v) is 8.81. The molecule has 2 aromatic rings. The first-order valence-electron chi connectivity index (χ1n) is 8.55. The van der Waals surface area contributed by atoms with E-state index in [-0.39, 0.29) is 11.8 Å². The van der Waals surface area contributed by atoms with E-state index in [9.17, 15) is 4.79 Å². The zero-order chi connectivity index (χ0) is 17.8. The molecular weight excluding hydrogens is 491 g/mol. The highest BCUT2D eigenvalue weighted by atomic mass is 127. The van der Waals surface area contributed by atoms with Crippen LogP contribution in [0.2, 0.25) is 0 Å². The smallest absolute Gasteiger partial charge is 0.228 e. The number of rotatable bonds is 4. The molecule has 3 rings (SSSR count). The molecule has 25 heavy (non-hydrogen) atoms. The van der Waals surface area contributed by atoms with Gasteiger partial charge in [-0.3, -0.25) is 9.69 Å². The molecule has 1 fully saturated rings. The fourth-order valence-corrected chi connectivity index (χ4v) is 4.40. The molecule has 5 heteroatoms. The van der Waals surface area contributed by atoms with Gasteiger partial charge >= 0.3 is 0 Å². The van der Waals surface area contributed by atoms with Crippen LogP contribution >= 0.6 is 38.5 Å². The third kappa shape index (κ3) is 5.28. The topological polar surface area (TPSA) is 32.3 Å². The minimum absolute atomic E-state index is 0.0552. The van der Waals surface area contributed by atoms with E-state index in [0.717, 1.165) is 48.2 Å². The number of hydrogen-bond donors (Lipinski definition) is 1. The van der Waals surface area contributed by atoms with E-state index in [2.05, 4.69) is 73.0 Å². The molecule has 1 unspecified atom stereocenters. The maximum atomic E-state index is 12.7. The summed E-state index contributed by atoms with van der Waals surface area (Å²) in [4.78, 5) is 15.1. The Kier molecular flexibility index (Phi) is 6.52. The molecule has 0 bridgehead atoms. The standard InChI is InChI=1S/C20H22BrIN2O/c1-14-10-18(22)7-8-19(14)23-20(25)16-5-3-9-24(13-16)12-15-4-2-6-17(21)11-15/h2,4,6-8,10-11,16H,3,5,9,12-13H2,1H3,(H,23,25). The van der Waals surface area contributed by atoms with Crippen molar-refractivity contribution in [3.8, 4) is 0 Å². The summed E-state index contributed by atoms with van der Waals surface area (Å²) in [6.07, 6.45) is 2.03. The van der Waals surface area contributed by atoms with Crippen LogP contribution in [-0.4, -0.2) is 23.9 Å². The molecule has 1 aliphatic heterocycles. The van der Waals surface area contributed by atoms with Gasteiger partial charge in [-0.05, 0) is 90.4 Å². The predicted molar refractivity (Wildman–Crippen MR) is 115 cm³/mol. The summed E-state index contributed by atoms with van der Waals surface area (Å²) in [5.41, 5.74) is 3.32. The molecule has 0 aromatic heterocycles. The Morgan fingerprint density at radius 1 is 1.32 bits per heavy atom. The van der Waals surface area contributed by atoms with Gasteiger partial charge in [0.15, 0.2) is 0 Å². The van der Waals surface area contributed by atoms with Crippen molar-refractivity contribution in [1.82, 2.24) is 4.90 Å². The zero-order valence-electron chi connectivity index (χ0n) is 14.3. The number of likely N-dealkylation sites (tertiary alicyclic amines) is 1. The summed E-state index contributed by atoms with van der Waals surface area (Å²) in [6.45, 7) is 4.81. The van der Waals surface area contributed by atoms with E-state index in [1.54, 1.807) is 0 Å². The molecule has 1 N–H and O–H groups in total. The van der Waals surface area contributed by atoms with Gasteiger partial charge in [-0.25, -0.2) is 0 Å². The Hall–Kier alpha value is -0.920. The predicted octanol–water partition coefficient (Wildman–Crippen LogP) is 5.21. The van der Waals surface area contributed by atoms with Crippen LogP contribution < -0.4 is 5.32 Å². The number of halogens is 2. The van der Waals surface area contributed by atoms with Crippen molar-refractivity contribution >= 4 is 50.1 Å². The quantitative estimate of drug-likeness (QED) is 0.570. The van der Waals surface area contributed by atoms with E-state index < -0.39 is 0 Å². The first-order valence-corrected chi connectivity index (χ1v) is 10.4. The largest absolute Gasteiger partial charge is 0.326 e. The minimum atomic E-state index is 0.0552. The maximum absolute atomic E-state index is 12.7. The number of nitrogens with one attached hydrogen (secondary N) is 1. The summed E-state index contributed by atoms with van der Waals surface area (Å²) in [5.74, 6) is 0.197. The lowest BCUT2D eigenvalue weighted by molar-refractivity contribution is -0.121. The Morgan fingerprint density at radius 2 is 2.16 bits per heavy atom. The van der Waals surface area contributed by atoms with Crippen LogP contribution in [0.3, 0.4) is 0 Å². The first kappa shape index (κ1) is 18.9. The number of benzene rings is 2. The minimum Gasteiger partial charge on any atom is -0.326 e. The number of nitrogens with zero attached hydrogens (tertiary/aromatic N) is 1. The molecule has 0 aliphatic carbocycles. The Labute approximate surface area is 171 Å². The third-order valence-corrected chi connectivity index (χ3v) is 5.78. The van der Waals surface area contributed by atoms with E-state index >= 15 is 0 Å². The van der Waals surface area contributed by atoms with Gasteiger partial charge < -0.3 is 5.32 Å². The second-order valence-electron chi connectivity index (χ2n) is 6.65. The Bertz CT molecular complexity index is 765. The van der Waals surface area contributed by atoms with Crippen molar-refractivity contribution in [2.75, 3.05) is 18.4 Å². The molecule has 3 nitrogen and oxygen atoms in total. The molecule has 2 aromatic carbocycles. The van der Waals surface area contributed by atoms with Gasteiger partial charge in [0.2, 0.25) is 5.91 Å². The summed E-state index contributed by atoms with van der Waals surface area (Å²) in [7, 11) is 0. The van der Waals surface area contributed by atoms with Crippen molar-refractivity contribution in [2.24, 2.45) is 5.92 Å². The van der Waals surface area contributed by atoms with Gasteiger partial charge in [-0.2, -0.15) is 0 Å². The van der Waals surface area contributed by atoms with Crippen LogP contribution in [0.25, 0.3) is 0 Å². The highest BCUT2D eigenvalue weighted by Gasteiger charge is 2.26. The average Bonchev–Trinajstić information content (AvgIpc) is 2.57. The molecular formula is C20H22BrIN2O. The van der Waals surface area contributed by atoms with Gasteiger partial charge in [0.25, 0.3) is 0 Å². The summed E-state index contributed by atoms with van der Waals surface area (Å²) < 4.78 is 2.29. The highest BCUT2D eigenvalue weighted by Crippen LogP contribution is 2.23. The summed E-state index contributed by atoms with van der Waals surface area (Å²) >= 11 is 5.82. The van der Waals surface area contributed by atoms with Crippen LogP contribution in [0, 0.1) is 16.4 Å².